The molecule has 0 spiro atoms. The maximum absolute atomic E-state index is 13.1. The predicted octanol–water partition coefficient (Wildman–Crippen LogP) is 3.63. The molecular formula is C18H18FN3S2. The van der Waals surface area contributed by atoms with E-state index in [-0.39, 0.29) is 5.82 Å². The summed E-state index contributed by atoms with van der Waals surface area (Å²) in [6.07, 6.45) is 2.57. The third-order valence-corrected chi connectivity index (χ3v) is 6.35. The second-order valence-electron chi connectivity index (χ2n) is 6.30. The van der Waals surface area contributed by atoms with Gasteiger partial charge in [0.2, 0.25) is 0 Å². The van der Waals surface area contributed by atoms with E-state index in [0.717, 1.165) is 17.5 Å². The van der Waals surface area contributed by atoms with Gasteiger partial charge in [-0.05, 0) is 50.0 Å². The van der Waals surface area contributed by atoms with Crippen molar-refractivity contribution in [2.75, 3.05) is 25.4 Å². The van der Waals surface area contributed by atoms with Crippen molar-refractivity contribution in [3.8, 4) is 11.8 Å². The van der Waals surface area contributed by atoms with E-state index in [1.54, 1.807) is 17.8 Å². The number of thioether (sulfide) groups is 1. The summed E-state index contributed by atoms with van der Waals surface area (Å²) in [6, 6.07) is 6.40. The summed E-state index contributed by atoms with van der Waals surface area (Å²) in [5.41, 5.74) is 1.89. The first-order valence-electron chi connectivity index (χ1n) is 8.21. The Balaban J connectivity index is 1.41. The van der Waals surface area contributed by atoms with Crippen molar-refractivity contribution >= 4 is 23.5 Å². The molecule has 1 aromatic heterocycles. The van der Waals surface area contributed by atoms with Crippen LogP contribution in [0.25, 0.3) is 0 Å². The van der Waals surface area contributed by atoms with Crippen LogP contribution in [-0.4, -0.2) is 39.0 Å². The van der Waals surface area contributed by atoms with E-state index in [4.69, 9.17) is 0 Å². The lowest BCUT2D eigenvalue weighted by atomic mass is 9.78. The summed E-state index contributed by atoms with van der Waals surface area (Å²) in [5, 5.41) is 1.03. The fraction of sp³-hybridized carbons (Fsp3) is 0.444. The zero-order valence-electron chi connectivity index (χ0n) is 13.2. The largest absolute Gasteiger partial charge is 0.303 e. The molecule has 3 saturated heterocycles. The molecule has 1 aromatic carbocycles. The molecule has 3 aliphatic rings. The molecule has 0 radical (unpaired) electrons. The Labute approximate surface area is 150 Å². The van der Waals surface area contributed by atoms with E-state index in [2.05, 4.69) is 25.5 Å². The Morgan fingerprint density at radius 3 is 2.92 bits per heavy atom. The number of fused-ring (bicyclic) bond motifs is 3. The number of hydrogen-bond acceptors (Lipinski definition) is 5. The summed E-state index contributed by atoms with van der Waals surface area (Å²) in [4.78, 5) is 2.54. The van der Waals surface area contributed by atoms with Gasteiger partial charge in [0, 0.05) is 18.0 Å². The van der Waals surface area contributed by atoms with Crippen molar-refractivity contribution < 1.29 is 4.39 Å². The van der Waals surface area contributed by atoms with Crippen molar-refractivity contribution in [3.63, 3.8) is 0 Å². The van der Waals surface area contributed by atoms with Crippen LogP contribution in [0, 0.1) is 23.6 Å². The quantitative estimate of drug-likeness (QED) is 0.618. The van der Waals surface area contributed by atoms with Gasteiger partial charge in [0.15, 0.2) is 0 Å². The van der Waals surface area contributed by atoms with Crippen molar-refractivity contribution in [1.82, 2.24) is 13.6 Å². The highest BCUT2D eigenvalue weighted by molar-refractivity contribution is 7.99. The van der Waals surface area contributed by atoms with Gasteiger partial charge in [0.05, 0.1) is 23.2 Å². The number of aromatic nitrogens is 2. The van der Waals surface area contributed by atoms with Crippen LogP contribution in [0.15, 0.2) is 29.3 Å². The second-order valence-corrected chi connectivity index (χ2v) is 7.79. The third kappa shape index (κ3) is 3.49. The average molecular weight is 359 g/mol. The highest BCUT2D eigenvalue weighted by Gasteiger charge is 2.37. The van der Waals surface area contributed by atoms with Gasteiger partial charge in [-0.25, -0.2) is 4.39 Å². The van der Waals surface area contributed by atoms with Crippen LogP contribution >= 0.6 is 23.5 Å². The summed E-state index contributed by atoms with van der Waals surface area (Å²) in [5.74, 6) is 7.81. The number of benzene rings is 1. The smallest absolute Gasteiger partial charge is 0.134 e. The Hall–Kier alpha value is -1.42. The number of halogens is 1. The van der Waals surface area contributed by atoms with Crippen LogP contribution in [0.2, 0.25) is 0 Å². The predicted molar refractivity (Wildman–Crippen MR) is 95.8 cm³/mol. The monoisotopic (exact) mass is 359 g/mol. The molecule has 2 bridgehead atoms. The summed E-state index contributed by atoms with van der Waals surface area (Å²) < 4.78 is 22.2. The molecule has 3 fully saturated rings. The summed E-state index contributed by atoms with van der Waals surface area (Å²) >= 11 is 2.96. The topological polar surface area (TPSA) is 29.0 Å². The average Bonchev–Trinajstić information content (AvgIpc) is 3.08. The zero-order valence-corrected chi connectivity index (χ0v) is 14.9. The molecule has 2 aromatic rings. The SMILES string of the molecule is Fc1cccc(C#CCSc2nsnc2C2CN3CCC2CC3)c1. The van der Waals surface area contributed by atoms with Gasteiger partial charge in [0.1, 0.15) is 10.8 Å². The molecule has 5 rings (SSSR count). The number of piperidine rings is 3. The van der Waals surface area contributed by atoms with Gasteiger partial charge >= 0.3 is 0 Å². The number of nitrogens with zero attached hydrogens (tertiary/aromatic N) is 3. The fourth-order valence-electron chi connectivity index (χ4n) is 3.60. The first-order valence-corrected chi connectivity index (χ1v) is 9.93. The molecule has 3 nitrogen and oxygen atoms in total. The van der Waals surface area contributed by atoms with E-state index in [1.807, 2.05) is 6.07 Å². The first-order chi connectivity index (χ1) is 11.8. The molecular weight excluding hydrogens is 341 g/mol. The van der Waals surface area contributed by atoms with Crippen molar-refractivity contribution in [2.24, 2.45) is 5.92 Å². The number of hydrogen-bond donors (Lipinski definition) is 0. The van der Waals surface area contributed by atoms with Crippen LogP contribution in [0.5, 0.6) is 0 Å². The maximum atomic E-state index is 13.1. The van der Waals surface area contributed by atoms with Gasteiger partial charge in [-0.1, -0.05) is 29.7 Å². The lowest BCUT2D eigenvalue weighted by molar-refractivity contribution is 0.0846. The van der Waals surface area contributed by atoms with Crippen molar-refractivity contribution in [1.29, 1.82) is 0 Å². The summed E-state index contributed by atoms with van der Waals surface area (Å²) in [6.45, 7) is 3.60. The minimum absolute atomic E-state index is 0.247. The van der Waals surface area contributed by atoms with E-state index in [0.29, 0.717) is 17.2 Å². The molecule has 0 N–H and O–H groups in total. The minimum atomic E-state index is -0.247. The Morgan fingerprint density at radius 1 is 1.29 bits per heavy atom. The van der Waals surface area contributed by atoms with Crippen LogP contribution < -0.4 is 0 Å². The van der Waals surface area contributed by atoms with Crippen LogP contribution in [0.1, 0.15) is 30.0 Å². The van der Waals surface area contributed by atoms with Gasteiger partial charge in [-0.2, -0.15) is 8.75 Å². The second kappa shape index (κ2) is 7.22. The molecule has 0 saturated carbocycles. The minimum Gasteiger partial charge on any atom is -0.303 e. The van der Waals surface area contributed by atoms with Gasteiger partial charge in [0.25, 0.3) is 0 Å². The van der Waals surface area contributed by atoms with Gasteiger partial charge < -0.3 is 4.90 Å². The van der Waals surface area contributed by atoms with E-state index in [9.17, 15) is 4.39 Å². The van der Waals surface area contributed by atoms with Crippen LogP contribution in [0.3, 0.4) is 0 Å². The Bertz CT molecular complexity index is 772. The normalized spacial score (nSPS) is 25.3. The van der Waals surface area contributed by atoms with Crippen molar-refractivity contribution in [3.05, 3.63) is 41.3 Å². The highest BCUT2D eigenvalue weighted by Crippen LogP contribution is 2.41. The number of rotatable bonds is 3. The molecule has 0 amide bonds. The molecule has 0 aliphatic carbocycles. The molecule has 6 heteroatoms. The zero-order chi connectivity index (χ0) is 16.4. The van der Waals surface area contributed by atoms with Crippen LogP contribution in [-0.2, 0) is 0 Å². The summed E-state index contributed by atoms with van der Waals surface area (Å²) in [7, 11) is 0. The van der Waals surface area contributed by atoms with Crippen LogP contribution in [0.4, 0.5) is 4.39 Å². The Kier molecular flexibility index (Phi) is 4.83. The fourth-order valence-corrected chi connectivity index (χ4v) is 5.11. The lowest BCUT2D eigenvalue weighted by Crippen LogP contribution is -2.46. The molecule has 1 atom stereocenters. The molecule has 4 heterocycles. The first kappa shape index (κ1) is 16.1. The molecule has 1 unspecified atom stereocenters. The highest BCUT2D eigenvalue weighted by atomic mass is 32.2. The van der Waals surface area contributed by atoms with E-state index in [1.165, 1.54) is 55.5 Å². The maximum Gasteiger partial charge on any atom is 0.134 e. The standard InChI is InChI=1S/C18H18FN3S2/c19-15-5-1-3-13(11-15)4-2-10-23-18-17(20-24-21-18)16-12-22-8-6-14(16)7-9-22/h1,3,5,11,14,16H,6-10,12H2. The van der Waals surface area contributed by atoms with E-state index >= 15 is 0 Å². The third-order valence-electron chi connectivity index (χ3n) is 4.83. The van der Waals surface area contributed by atoms with Crippen molar-refractivity contribution in [2.45, 2.75) is 23.8 Å². The van der Waals surface area contributed by atoms with Gasteiger partial charge in [-0.3, -0.25) is 0 Å². The lowest BCUT2D eigenvalue weighted by Gasteiger charge is -2.44. The molecule has 3 aliphatic heterocycles. The van der Waals surface area contributed by atoms with E-state index < -0.39 is 0 Å². The Morgan fingerprint density at radius 2 is 2.17 bits per heavy atom. The molecule has 24 heavy (non-hydrogen) atoms. The molecule has 124 valence electrons. The van der Waals surface area contributed by atoms with Gasteiger partial charge in [-0.15, -0.1) is 0 Å².